The lowest BCUT2D eigenvalue weighted by Crippen LogP contribution is -2.42. The van der Waals surface area contributed by atoms with Crippen LogP contribution < -0.4 is 11.5 Å². The van der Waals surface area contributed by atoms with Crippen LogP contribution >= 0.6 is 0 Å². The molecule has 1 amide bonds. The topological polar surface area (TPSA) is 86.9 Å². The molecule has 1 aromatic heterocycles. The number of aromatic nitrogens is 2. The van der Waals surface area contributed by atoms with Crippen molar-refractivity contribution in [2.24, 2.45) is 5.73 Å². The van der Waals surface area contributed by atoms with Gasteiger partial charge in [-0.05, 0) is 20.8 Å². The number of anilines is 1. The SMILES string of the molecule is Cc1c(N)cnn1C(C)(C)C(N)=O. The highest BCUT2D eigenvalue weighted by Gasteiger charge is 2.29. The Hall–Kier alpha value is -1.52. The minimum absolute atomic E-state index is 0.432. The summed E-state index contributed by atoms with van der Waals surface area (Å²) in [6.07, 6.45) is 1.51. The number of rotatable bonds is 2. The third-order valence-corrected chi connectivity index (χ3v) is 2.18. The molecular weight excluding hydrogens is 168 g/mol. The first-order chi connectivity index (χ1) is 5.87. The van der Waals surface area contributed by atoms with Crippen molar-refractivity contribution in [1.29, 1.82) is 0 Å². The van der Waals surface area contributed by atoms with E-state index in [9.17, 15) is 4.79 Å². The van der Waals surface area contributed by atoms with E-state index in [4.69, 9.17) is 11.5 Å². The number of hydrogen-bond acceptors (Lipinski definition) is 3. The smallest absolute Gasteiger partial charge is 0.244 e. The third kappa shape index (κ3) is 1.37. The van der Waals surface area contributed by atoms with Gasteiger partial charge in [-0.3, -0.25) is 9.48 Å². The molecular formula is C8H14N4O. The fraction of sp³-hybridized carbons (Fsp3) is 0.500. The predicted molar refractivity (Wildman–Crippen MR) is 49.9 cm³/mol. The third-order valence-electron chi connectivity index (χ3n) is 2.18. The number of carbonyl (C=O) groups excluding carboxylic acids is 1. The Balaban J connectivity index is 3.22. The van der Waals surface area contributed by atoms with Crippen LogP contribution in [0.25, 0.3) is 0 Å². The largest absolute Gasteiger partial charge is 0.396 e. The number of carbonyl (C=O) groups is 1. The van der Waals surface area contributed by atoms with Gasteiger partial charge in [0, 0.05) is 0 Å². The molecule has 1 aromatic rings. The van der Waals surface area contributed by atoms with Crippen molar-refractivity contribution in [2.45, 2.75) is 26.3 Å². The first-order valence-electron chi connectivity index (χ1n) is 3.98. The van der Waals surface area contributed by atoms with Crippen molar-refractivity contribution in [1.82, 2.24) is 9.78 Å². The van der Waals surface area contributed by atoms with Gasteiger partial charge >= 0.3 is 0 Å². The van der Waals surface area contributed by atoms with Crippen molar-refractivity contribution in [3.8, 4) is 0 Å². The van der Waals surface area contributed by atoms with Crippen LogP contribution in [0.15, 0.2) is 6.20 Å². The summed E-state index contributed by atoms with van der Waals surface area (Å²) in [5.74, 6) is -0.432. The van der Waals surface area contributed by atoms with Crippen molar-refractivity contribution in [3.63, 3.8) is 0 Å². The van der Waals surface area contributed by atoms with Crippen LogP contribution in [0.4, 0.5) is 5.69 Å². The summed E-state index contributed by atoms with van der Waals surface area (Å²) in [5.41, 5.74) is 11.3. The molecule has 0 radical (unpaired) electrons. The molecule has 0 atom stereocenters. The van der Waals surface area contributed by atoms with E-state index in [1.807, 2.05) is 0 Å². The maximum absolute atomic E-state index is 11.1. The van der Waals surface area contributed by atoms with Gasteiger partial charge < -0.3 is 11.5 Å². The Kier molecular flexibility index (Phi) is 2.03. The highest BCUT2D eigenvalue weighted by molar-refractivity contribution is 5.81. The van der Waals surface area contributed by atoms with Crippen LogP contribution in [0, 0.1) is 6.92 Å². The summed E-state index contributed by atoms with van der Waals surface area (Å²) in [4.78, 5) is 11.1. The van der Waals surface area contributed by atoms with Crippen LogP contribution in [0.2, 0.25) is 0 Å². The lowest BCUT2D eigenvalue weighted by molar-refractivity contribution is -0.125. The summed E-state index contributed by atoms with van der Waals surface area (Å²) in [5, 5.41) is 4.00. The lowest BCUT2D eigenvalue weighted by atomic mass is 10.1. The highest BCUT2D eigenvalue weighted by atomic mass is 16.1. The van der Waals surface area contributed by atoms with Gasteiger partial charge in [-0.1, -0.05) is 0 Å². The molecule has 5 heteroatoms. The molecule has 72 valence electrons. The molecule has 1 heterocycles. The Morgan fingerprint density at radius 2 is 2.15 bits per heavy atom. The van der Waals surface area contributed by atoms with E-state index in [1.54, 1.807) is 20.8 Å². The second kappa shape index (κ2) is 2.76. The van der Waals surface area contributed by atoms with Crippen molar-refractivity contribution in [3.05, 3.63) is 11.9 Å². The van der Waals surface area contributed by atoms with Crippen LogP contribution in [0.5, 0.6) is 0 Å². The van der Waals surface area contributed by atoms with Gasteiger partial charge in [-0.15, -0.1) is 0 Å². The number of hydrogen-bond donors (Lipinski definition) is 2. The Labute approximate surface area is 76.7 Å². The zero-order valence-corrected chi connectivity index (χ0v) is 8.03. The quantitative estimate of drug-likeness (QED) is 0.674. The Morgan fingerprint density at radius 1 is 1.62 bits per heavy atom. The van der Waals surface area contributed by atoms with Crippen LogP contribution in [0.3, 0.4) is 0 Å². The molecule has 1 rings (SSSR count). The van der Waals surface area contributed by atoms with Crippen LogP contribution in [0.1, 0.15) is 19.5 Å². The number of nitrogens with two attached hydrogens (primary N) is 2. The van der Waals surface area contributed by atoms with E-state index in [0.717, 1.165) is 5.69 Å². The number of nitrogens with zero attached hydrogens (tertiary/aromatic N) is 2. The first-order valence-corrected chi connectivity index (χ1v) is 3.98. The van der Waals surface area contributed by atoms with Gasteiger partial charge in [-0.2, -0.15) is 5.10 Å². The van der Waals surface area contributed by atoms with E-state index in [2.05, 4.69) is 5.10 Å². The molecule has 0 bridgehead atoms. The summed E-state index contributed by atoms with van der Waals surface area (Å²) in [6.45, 7) is 5.20. The minimum atomic E-state index is -0.832. The fourth-order valence-corrected chi connectivity index (χ4v) is 1.09. The van der Waals surface area contributed by atoms with Gasteiger partial charge in [0.05, 0.1) is 17.6 Å². The van der Waals surface area contributed by atoms with E-state index in [1.165, 1.54) is 10.9 Å². The van der Waals surface area contributed by atoms with Gasteiger partial charge in [0.2, 0.25) is 5.91 Å². The Bertz CT molecular complexity index is 340. The minimum Gasteiger partial charge on any atom is -0.396 e. The van der Waals surface area contributed by atoms with Gasteiger partial charge in [0.25, 0.3) is 0 Å². The zero-order chi connectivity index (χ0) is 10.2. The second-order valence-electron chi connectivity index (χ2n) is 3.52. The summed E-state index contributed by atoms with van der Waals surface area (Å²) in [6, 6.07) is 0. The van der Waals surface area contributed by atoms with E-state index in [-0.39, 0.29) is 0 Å². The number of amides is 1. The Morgan fingerprint density at radius 3 is 2.46 bits per heavy atom. The molecule has 13 heavy (non-hydrogen) atoms. The maximum atomic E-state index is 11.1. The summed E-state index contributed by atoms with van der Waals surface area (Å²) in [7, 11) is 0. The second-order valence-corrected chi connectivity index (χ2v) is 3.52. The van der Waals surface area contributed by atoms with Crippen molar-refractivity contribution >= 4 is 11.6 Å². The molecule has 0 saturated carbocycles. The molecule has 0 aliphatic rings. The molecule has 0 spiro atoms. The van der Waals surface area contributed by atoms with E-state index < -0.39 is 11.4 Å². The predicted octanol–water partition coefficient (Wildman–Crippen LogP) is -0.00588. The van der Waals surface area contributed by atoms with Gasteiger partial charge in [0.1, 0.15) is 5.54 Å². The van der Waals surface area contributed by atoms with Crippen molar-refractivity contribution < 1.29 is 4.79 Å². The van der Waals surface area contributed by atoms with Crippen LogP contribution in [-0.4, -0.2) is 15.7 Å². The summed E-state index contributed by atoms with van der Waals surface area (Å²) >= 11 is 0. The summed E-state index contributed by atoms with van der Waals surface area (Å²) < 4.78 is 1.53. The molecule has 0 unspecified atom stereocenters. The average Bonchev–Trinajstić information content (AvgIpc) is 2.33. The normalized spacial score (nSPS) is 11.6. The fourth-order valence-electron chi connectivity index (χ4n) is 1.09. The highest BCUT2D eigenvalue weighted by Crippen LogP contribution is 2.19. The molecule has 0 aliphatic heterocycles. The average molecular weight is 182 g/mol. The molecule has 0 saturated heterocycles. The maximum Gasteiger partial charge on any atom is 0.244 e. The molecule has 4 N–H and O–H groups in total. The van der Waals surface area contributed by atoms with Crippen molar-refractivity contribution in [2.75, 3.05) is 5.73 Å². The van der Waals surface area contributed by atoms with Gasteiger partial charge in [-0.25, -0.2) is 0 Å². The standard InChI is InChI=1S/C8H14N4O/c1-5-6(9)4-11-12(5)8(2,3)7(10)13/h4H,9H2,1-3H3,(H2,10,13). The van der Waals surface area contributed by atoms with Gasteiger partial charge in [0.15, 0.2) is 0 Å². The zero-order valence-electron chi connectivity index (χ0n) is 8.03. The molecule has 0 fully saturated rings. The molecule has 5 nitrogen and oxygen atoms in total. The monoisotopic (exact) mass is 182 g/mol. The van der Waals surface area contributed by atoms with Crippen LogP contribution in [-0.2, 0) is 10.3 Å². The molecule has 0 aromatic carbocycles. The first kappa shape index (κ1) is 9.57. The lowest BCUT2D eigenvalue weighted by Gasteiger charge is -2.22. The number of nitrogen functional groups attached to an aromatic ring is 1. The number of primary amides is 1. The van der Waals surface area contributed by atoms with E-state index >= 15 is 0 Å². The van der Waals surface area contributed by atoms with E-state index in [0.29, 0.717) is 5.69 Å². The molecule has 0 aliphatic carbocycles.